The van der Waals surface area contributed by atoms with Crippen molar-refractivity contribution in [3.8, 4) is 17.2 Å². The number of hydrogen-bond donors (Lipinski definition) is 0. The third kappa shape index (κ3) is 4.88. The van der Waals surface area contributed by atoms with Crippen LogP contribution in [0.1, 0.15) is 15.9 Å². The number of carbonyl (C=O) groups excluding carboxylic acids is 1. The highest BCUT2D eigenvalue weighted by Crippen LogP contribution is 2.38. The predicted octanol–water partition coefficient (Wildman–Crippen LogP) is 2.12. The van der Waals surface area contributed by atoms with Gasteiger partial charge in [-0.05, 0) is 23.8 Å². The number of nitrogens with zero attached hydrogens (tertiary/aromatic N) is 6. The van der Waals surface area contributed by atoms with Gasteiger partial charge in [0.05, 0.1) is 27.9 Å². The smallest absolute Gasteiger partial charge is 0.332 e. The lowest BCUT2D eigenvalue weighted by molar-refractivity contribution is 0.0745. The molecule has 1 saturated heterocycles. The fourth-order valence-electron chi connectivity index (χ4n) is 5.12. The standard InChI is InChI=1S/C28H31ClN6O6/c1-31-24-22(26(37)32(2)28(31)38)35(16-17-8-6-7-9-19(17)29)27(30-24)34-12-10-33(11-13-34)25(36)18-14-20(39-3)23(41-5)21(15-18)40-4/h6-9,14-15H,10-13,16H2,1-5H3. The summed E-state index contributed by atoms with van der Waals surface area (Å²) < 4.78 is 20.4. The molecule has 0 spiro atoms. The summed E-state index contributed by atoms with van der Waals surface area (Å²) in [5.74, 6) is 1.56. The van der Waals surface area contributed by atoms with Gasteiger partial charge in [0.1, 0.15) is 0 Å². The normalized spacial score (nSPS) is 13.5. The number of ether oxygens (including phenoxy) is 3. The third-order valence-corrected chi connectivity index (χ3v) is 7.74. The minimum atomic E-state index is -0.461. The van der Waals surface area contributed by atoms with Gasteiger partial charge < -0.3 is 24.0 Å². The van der Waals surface area contributed by atoms with Crippen LogP contribution in [0.25, 0.3) is 11.2 Å². The molecule has 216 valence electrons. The van der Waals surface area contributed by atoms with E-state index in [9.17, 15) is 14.4 Å². The summed E-state index contributed by atoms with van der Waals surface area (Å²) in [6, 6.07) is 10.7. The summed E-state index contributed by atoms with van der Waals surface area (Å²) in [5, 5.41) is 0.558. The van der Waals surface area contributed by atoms with E-state index in [1.807, 2.05) is 23.1 Å². The highest BCUT2D eigenvalue weighted by atomic mass is 35.5. The summed E-state index contributed by atoms with van der Waals surface area (Å²) in [7, 11) is 7.55. The summed E-state index contributed by atoms with van der Waals surface area (Å²) in [5.41, 5.74) is 0.915. The molecule has 1 amide bonds. The van der Waals surface area contributed by atoms with Crippen LogP contribution < -0.4 is 30.4 Å². The third-order valence-electron chi connectivity index (χ3n) is 7.38. The molecule has 1 aliphatic heterocycles. The number of hydrogen-bond acceptors (Lipinski definition) is 8. The maximum atomic E-state index is 13.5. The van der Waals surface area contributed by atoms with Crippen molar-refractivity contribution in [1.82, 2.24) is 23.6 Å². The molecule has 0 radical (unpaired) electrons. The van der Waals surface area contributed by atoms with Crippen molar-refractivity contribution in [2.45, 2.75) is 6.54 Å². The Morgan fingerprint density at radius 3 is 2.15 bits per heavy atom. The molecule has 1 fully saturated rings. The van der Waals surface area contributed by atoms with Crippen molar-refractivity contribution in [1.29, 1.82) is 0 Å². The zero-order valence-electron chi connectivity index (χ0n) is 23.5. The Bertz CT molecular complexity index is 1730. The Morgan fingerprint density at radius 1 is 0.927 bits per heavy atom. The van der Waals surface area contributed by atoms with E-state index in [0.29, 0.717) is 65.5 Å². The number of imidazole rings is 1. The Morgan fingerprint density at radius 2 is 1.56 bits per heavy atom. The fraction of sp³-hybridized carbons (Fsp3) is 0.357. The first-order valence-corrected chi connectivity index (χ1v) is 13.3. The monoisotopic (exact) mass is 582 g/mol. The van der Waals surface area contributed by atoms with E-state index in [2.05, 4.69) is 0 Å². The van der Waals surface area contributed by atoms with Crippen molar-refractivity contribution in [3.63, 3.8) is 0 Å². The lowest BCUT2D eigenvalue weighted by Crippen LogP contribution is -2.49. The van der Waals surface area contributed by atoms with E-state index in [4.69, 9.17) is 30.8 Å². The summed E-state index contributed by atoms with van der Waals surface area (Å²) >= 11 is 6.48. The van der Waals surface area contributed by atoms with Crippen molar-refractivity contribution < 1.29 is 19.0 Å². The average molecular weight is 583 g/mol. The molecule has 2 aromatic carbocycles. The highest BCUT2D eigenvalue weighted by molar-refractivity contribution is 6.31. The van der Waals surface area contributed by atoms with Gasteiger partial charge in [0, 0.05) is 50.9 Å². The molecule has 0 unspecified atom stereocenters. The van der Waals surface area contributed by atoms with Gasteiger partial charge in [-0.1, -0.05) is 29.8 Å². The molecule has 3 heterocycles. The first-order chi connectivity index (χ1) is 19.7. The second-order valence-electron chi connectivity index (χ2n) is 9.66. The van der Waals surface area contributed by atoms with Crippen LogP contribution in [-0.2, 0) is 20.6 Å². The number of benzene rings is 2. The molecule has 0 saturated carbocycles. The van der Waals surface area contributed by atoms with Crippen molar-refractivity contribution in [2.75, 3.05) is 52.4 Å². The summed E-state index contributed by atoms with van der Waals surface area (Å²) in [6.45, 7) is 2.00. The Balaban J connectivity index is 1.48. The van der Waals surface area contributed by atoms with E-state index in [-0.39, 0.29) is 18.1 Å². The van der Waals surface area contributed by atoms with Crippen molar-refractivity contribution >= 4 is 34.6 Å². The lowest BCUT2D eigenvalue weighted by Gasteiger charge is -2.35. The minimum Gasteiger partial charge on any atom is -0.493 e. The first kappa shape index (κ1) is 28.1. The van der Waals surface area contributed by atoms with E-state index >= 15 is 0 Å². The van der Waals surface area contributed by atoms with E-state index in [1.54, 1.807) is 34.7 Å². The maximum absolute atomic E-state index is 13.5. The Labute approximate surface area is 240 Å². The molecule has 0 aliphatic carbocycles. The van der Waals surface area contributed by atoms with Gasteiger partial charge in [0.15, 0.2) is 22.7 Å². The minimum absolute atomic E-state index is 0.176. The molecule has 12 nitrogen and oxygen atoms in total. The van der Waals surface area contributed by atoms with Gasteiger partial charge in [0.25, 0.3) is 11.5 Å². The van der Waals surface area contributed by atoms with Crippen LogP contribution in [0.15, 0.2) is 46.0 Å². The SMILES string of the molecule is COc1cc(C(=O)N2CCN(c3nc4c(c(=O)n(C)c(=O)n4C)n3Cc3ccccc3Cl)CC2)cc(OC)c1OC. The zero-order chi connectivity index (χ0) is 29.4. The molecule has 5 rings (SSSR count). The van der Waals surface area contributed by atoms with Crippen LogP contribution in [0.3, 0.4) is 0 Å². The molecule has 13 heteroatoms. The van der Waals surface area contributed by atoms with Crippen LogP contribution in [-0.4, -0.2) is 77.0 Å². The number of rotatable bonds is 7. The van der Waals surface area contributed by atoms with Crippen molar-refractivity contribution in [3.05, 3.63) is 73.4 Å². The van der Waals surface area contributed by atoms with E-state index in [0.717, 1.165) is 10.1 Å². The number of amides is 1. The number of anilines is 1. The largest absolute Gasteiger partial charge is 0.493 e. The maximum Gasteiger partial charge on any atom is 0.332 e. The van der Waals surface area contributed by atoms with Gasteiger partial charge in [-0.25, -0.2) is 4.79 Å². The second kappa shape index (κ2) is 11.2. The number of carbonyl (C=O) groups is 1. The molecular weight excluding hydrogens is 552 g/mol. The number of aryl methyl sites for hydroxylation is 1. The van der Waals surface area contributed by atoms with Crippen LogP contribution in [0.2, 0.25) is 5.02 Å². The number of piperazine rings is 1. The first-order valence-electron chi connectivity index (χ1n) is 12.9. The van der Waals surface area contributed by atoms with Crippen LogP contribution in [0.4, 0.5) is 5.95 Å². The molecular formula is C28H31ClN6O6. The zero-order valence-corrected chi connectivity index (χ0v) is 24.3. The summed E-state index contributed by atoms with van der Waals surface area (Å²) in [6.07, 6.45) is 0. The average Bonchev–Trinajstić information content (AvgIpc) is 3.38. The van der Waals surface area contributed by atoms with Gasteiger partial charge in [-0.15, -0.1) is 0 Å². The second-order valence-corrected chi connectivity index (χ2v) is 10.1. The van der Waals surface area contributed by atoms with Gasteiger partial charge in [0.2, 0.25) is 11.7 Å². The topological polar surface area (TPSA) is 113 Å². The lowest BCUT2D eigenvalue weighted by atomic mass is 10.1. The number of fused-ring (bicyclic) bond motifs is 1. The van der Waals surface area contributed by atoms with Gasteiger partial charge in [-0.3, -0.25) is 23.3 Å². The van der Waals surface area contributed by atoms with Crippen LogP contribution >= 0.6 is 11.6 Å². The number of halogens is 1. The predicted molar refractivity (Wildman–Crippen MR) is 155 cm³/mol. The number of aromatic nitrogens is 4. The summed E-state index contributed by atoms with van der Waals surface area (Å²) in [4.78, 5) is 48.0. The molecule has 2 aromatic heterocycles. The molecule has 0 bridgehead atoms. The van der Waals surface area contributed by atoms with E-state index < -0.39 is 11.2 Å². The van der Waals surface area contributed by atoms with E-state index in [1.165, 1.54) is 32.9 Å². The fourth-order valence-corrected chi connectivity index (χ4v) is 5.32. The van der Waals surface area contributed by atoms with Gasteiger partial charge >= 0.3 is 5.69 Å². The molecule has 0 atom stereocenters. The quantitative estimate of drug-likeness (QED) is 0.326. The van der Waals surface area contributed by atoms with Crippen molar-refractivity contribution in [2.24, 2.45) is 14.1 Å². The molecule has 1 aliphatic rings. The van der Waals surface area contributed by atoms with Gasteiger partial charge in [-0.2, -0.15) is 4.98 Å². The molecule has 0 N–H and O–H groups in total. The molecule has 41 heavy (non-hydrogen) atoms. The van der Waals surface area contributed by atoms with Crippen LogP contribution in [0.5, 0.6) is 17.2 Å². The van der Waals surface area contributed by atoms with Crippen LogP contribution in [0, 0.1) is 0 Å². The number of methoxy groups -OCH3 is 3. The highest BCUT2D eigenvalue weighted by Gasteiger charge is 2.29. The Hall–Kier alpha value is -4.45. The molecule has 4 aromatic rings. The Kier molecular flexibility index (Phi) is 7.68.